The number of carbonyl (C=O) groups excluding carboxylic acids is 1. The summed E-state index contributed by atoms with van der Waals surface area (Å²) >= 11 is 3.41. The van der Waals surface area contributed by atoms with Crippen molar-refractivity contribution in [2.24, 2.45) is 0 Å². The van der Waals surface area contributed by atoms with Crippen molar-refractivity contribution in [1.29, 1.82) is 0 Å². The zero-order chi connectivity index (χ0) is 20.1. The first kappa shape index (κ1) is 19.8. The molecule has 4 rings (SSSR count). The molecular weight excluding hydrogens is 436 g/mol. The minimum absolute atomic E-state index is 0.0331. The quantitative estimate of drug-likeness (QED) is 0.525. The molecule has 1 aliphatic rings. The largest absolute Gasteiger partial charge is 0.486 e. The highest BCUT2D eigenvalue weighted by Gasteiger charge is 2.26. The van der Waals surface area contributed by atoms with Crippen molar-refractivity contribution in [3.63, 3.8) is 0 Å². The maximum absolute atomic E-state index is 12.6. The number of nitrogens with one attached hydrogen (secondary N) is 1. The molecule has 152 valence electrons. The molecule has 0 radical (unpaired) electrons. The first-order valence-electron chi connectivity index (χ1n) is 9.72. The number of likely N-dealkylation sites (tertiary alicyclic amines) is 1. The smallest absolute Gasteiger partial charge is 0.287 e. The molecule has 3 heterocycles. The van der Waals surface area contributed by atoms with E-state index in [1.54, 1.807) is 18.4 Å². The molecule has 0 aliphatic carbocycles. The monoisotopic (exact) mass is 458 g/mol. The maximum atomic E-state index is 12.6. The van der Waals surface area contributed by atoms with Gasteiger partial charge in [-0.15, -0.1) is 0 Å². The summed E-state index contributed by atoms with van der Waals surface area (Å²) in [5.41, 5.74) is 0. The summed E-state index contributed by atoms with van der Waals surface area (Å²) in [7, 11) is 0. The Hall–Kier alpha value is -2.51. The summed E-state index contributed by atoms with van der Waals surface area (Å²) in [4.78, 5) is 14.9. The van der Waals surface area contributed by atoms with Gasteiger partial charge in [-0.2, -0.15) is 0 Å². The fourth-order valence-electron chi connectivity index (χ4n) is 3.51. The standard InChI is InChI=1S/C22H23BrN2O4/c23-16-5-3-6-17(13-16)28-15-18-8-9-21(29-18)22(26)24-14-19(20-7-4-12-27-20)25-10-1-2-11-25/h3-9,12-13,19H,1-2,10-11,14-15H2,(H,24,26). The molecule has 1 amide bonds. The number of ether oxygens (including phenoxy) is 1. The number of amides is 1. The molecule has 0 bridgehead atoms. The Morgan fingerprint density at radius 1 is 1.17 bits per heavy atom. The van der Waals surface area contributed by atoms with Gasteiger partial charge in [0, 0.05) is 11.0 Å². The van der Waals surface area contributed by atoms with Crippen LogP contribution in [0.5, 0.6) is 5.75 Å². The van der Waals surface area contributed by atoms with Crippen LogP contribution >= 0.6 is 15.9 Å². The van der Waals surface area contributed by atoms with Crippen LogP contribution in [0.2, 0.25) is 0 Å². The molecule has 0 spiro atoms. The van der Waals surface area contributed by atoms with Crippen LogP contribution in [0.1, 0.15) is 41.0 Å². The van der Waals surface area contributed by atoms with Crippen LogP contribution in [-0.2, 0) is 6.61 Å². The second-order valence-corrected chi connectivity index (χ2v) is 7.91. The molecule has 1 unspecified atom stereocenters. The second-order valence-electron chi connectivity index (χ2n) is 7.00. The molecule has 3 aromatic rings. The zero-order valence-corrected chi connectivity index (χ0v) is 17.6. The molecule has 29 heavy (non-hydrogen) atoms. The van der Waals surface area contributed by atoms with Gasteiger partial charge in [-0.05, 0) is 68.4 Å². The van der Waals surface area contributed by atoms with Crippen molar-refractivity contribution in [1.82, 2.24) is 10.2 Å². The molecule has 7 heteroatoms. The van der Waals surface area contributed by atoms with E-state index in [0.717, 1.165) is 29.1 Å². The highest BCUT2D eigenvalue weighted by atomic mass is 79.9. The van der Waals surface area contributed by atoms with Gasteiger partial charge in [0.1, 0.15) is 23.9 Å². The number of nitrogens with zero attached hydrogens (tertiary/aromatic N) is 1. The van der Waals surface area contributed by atoms with Crippen molar-refractivity contribution >= 4 is 21.8 Å². The third kappa shape index (κ3) is 5.10. The molecular formula is C22H23BrN2O4. The molecule has 0 saturated carbocycles. The Balaban J connectivity index is 1.33. The van der Waals surface area contributed by atoms with Crippen molar-refractivity contribution in [3.05, 3.63) is 76.5 Å². The van der Waals surface area contributed by atoms with Gasteiger partial charge in [0.25, 0.3) is 5.91 Å². The predicted molar refractivity (Wildman–Crippen MR) is 112 cm³/mol. The number of halogens is 1. The van der Waals surface area contributed by atoms with E-state index in [0.29, 0.717) is 12.3 Å². The third-order valence-electron chi connectivity index (χ3n) is 4.97. The van der Waals surface area contributed by atoms with Crippen LogP contribution in [0.25, 0.3) is 0 Å². The SMILES string of the molecule is O=C(NCC(c1ccco1)N1CCCC1)c1ccc(COc2cccc(Br)c2)o1. The van der Waals surface area contributed by atoms with E-state index in [1.807, 2.05) is 36.4 Å². The summed E-state index contributed by atoms with van der Waals surface area (Å²) in [6, 6.07) is 14.9. The molecule has 1 N–H and O–H groups in total. The topological polar surface area (TPSA) is 67.9 Å². The van der Waals surface area contributed by atoms with Gasteiger partial charge < -0.3 is 18.9 Å². The van der Waals surface area contributed by atoms with E-state index in [1.165, 1.54) is 12.8 Å². The van der Waals surface area contributed by atoms with E-state index in [-0.39, 0.29) is 24.3 Å². The van der Waals surface area contributed by atoms with E-state index in [4.69, 9.17) is 13.6 Å². The molecule has 1 aliphatic heterocycles. The number of furan rings is 2. The van der Waals surface area contributed by atoms with Crippen molar-refractivity contribution < 1.29 is 18.4 Å². The number of benzene rings is 1. The van der Waals surface area contributed by atoms with Gasteiger partial charge >= 0.3 is 0 Å². The van der Waals surface area contributed by atoms with Crippen LogP contribution in [-0.4, -0.2) is 30.4 Å². The van der Waals surface area contributed by atoms with Gasteiger partial charge in [0.15, 0.2) is 5.76 Å². The molecule has 6 nitrogen and oxygen atoms in total. The Bertz CT molecular complexity index is 932. The molecule has 1 fully saturated rings. The Morgan fingerprint density at radius 2 is 2.03 bits per heavy atom. The summed E-state index contributed by atoms with van der Waals surface area (Å²) < 4.78 is 17.9. The summed E-state index contributed by atoms with van der Waals surface area (Å²) in [5.74, 6) is 2.23. The number of carbonyl (C=O) groups is 1. The van der Waals surface area contributed by atoms with Crippen LogP contribution < -0.4 is 10.1 Å². The first-order valence-corrected chi connectivity index (χ1v) is 10.5. The maximum Gasteiger partial charge on any atom is 0.287 e. The fourth-order valence-corrected chi connectivity index (χ4v) is 3.89. The highest BCUT2D eigenvalue weighted by molar-refractivity contribution is 9.10. The molecule has 1 atom stereocenters. The van der Waals surface area contributed by atoms with Gasteiger partial charge in [0.2, 0.25) is 0 Å². The summed E-state index contributed by atoms with van der Waals surface area (Å²) in [6.07, 6.45) is 4.01. The van der Waals surface area contributed by atoms with E-state index >= 15 is 0 Å². The number of rotatable bonds is 8. The lowest BCUT2D eigenvalue weighted by molar-refractivity contribution is 0.0902. The predicted octanol–water partition coefficient (Wildman–Crippen LogP) is 4.78. The molecule has 1 aromatic carbocycles. The number of hydrogen-bond acceptors (Lipinski definition) is 5. The van der Waals surface area contributed by atoms with Gasteiger partial charge in [-0.25, -0.2) is 0 Å². The van der Waals surface area contributed by atoms with Crippen LogP contribution in [0, 0.1) is 0 Å². The zero-order valence-electron chi connectivity index (χ0n) is 16.0. The van der Waals surface area contributed by atoms with Gasteiger partial charge in [0.05, 0.1) is 12.3 Å². The second kappa shape index (κ2) is 9.33. The highest BCUT2D eigenvalue weighted by Crippen LogP contribution is 2.25. The van der Waals surface area contributed by atoms with E-state index in [2.05, 4.69) is 26.1 Å². The average Bonchev–Trinajstić information content (AvgIpc) is 3.49. The van der Waals surface area contributed by atoms with Gasteiger partial charge in [-0.1, -0.05) is 22.0 Å². The average molecular weight is 459 g/mol. The lowest BCUT2D eigenvalue weighted by atomic mass is 10.2. The lowest BCUT2D eigenvalue weighted by Gasteiger charge is -2.25. The van der Waals surface area contributed by atoms with Crippen LogP contribution in [0.4, 0.5) is 0 Å². The van der Waals surface area contributed by atoms with Crippen molar-refractivity contribution in [2.45, 2.75) is 25.5 Å². The van der Waals surface area contributed by atoms with E-state index < -0.39 is 0 Å². The van der Waals surface area contributed by atoms with Crippen LogP contribution in [0.3, 0.4) is 0 Å². The van der Waals surface area contributed by atoms with Crippen molar-refractivity contribution in [2.75, 3.05) is 19.6 Å². The Labute approximate surface area is 178 Å². The first-order chi connectivity index (χ1) is 14.2. The minimum atomic E-state index is -0.241. The molecule has 1 saturated heterocycles. The van der Waals surface area contributed by atoms with Crippen LogP contribution in [0.15, 0.2) is 68.1 Å². The third-order valence-corrected chi connectivity index (χ3v) is 5.46. The molecule has 2 aromatic heterocycles. The summed E-state index contributed by atoms with van der Waals surface area (Å²) in [6.45, 7) is 2.75. The minimum Gasteiger partial charge on any atom is -0.486 e. The Morgan fingerprint density at radius 3 is 2.79 bits per heavy atom. The normalized spacial score (nSPS) is 15.3. The lowest BCUT2D eigenvalue weighted by Crippen LogP contribution is -2.36. The summed E-state index contributed by atoms with van der Waals surface area (Å²) in [5, 5.41) is 2.98. The van der Waals surface area contributed by atoms with E-state index in [9.17, 15) is 4.79 Å². The van der Waals surface area contributed by atoms with Crippen molar-refractivity contribution in [3.8, 4) is 5.75 Å². The number of hydrogen-bond donors (Lipinski definition) is 1. The fraction of sp³-hybridized carbons (Fsp3) is 0.318. The Kier molecular flexibility index (Phi) is 6.36. The van der Waals surface area contributed by atoms with Gasteiger partial charge in [-0.3, -0.25) is 9.69 Å².